The van der Waals surface area contributed by atoms with Crippen molar-refractivity contribution in [3.05, 3.63) is 53.6 Å². The third kappa shape index (κ3) is 5.97. The number of ether oxygens (including phenoxy) is 3. The van der Waals surface area contributed by atoms with E-state index in [1.807, 2.05) is 4.90 Å². The van der Waals surface area contributed by atoms with E-state index in [2.05, 4.69) is 10.1 Å². The van der Waals surface area contributed by atoms with Crippen LogP contribution in [0.3, 0.4) is 0 Å². The van der Waals surface area contributed by atoms with Crippen molar-refractivity contribution in [3.8, 4) is 17.2 Å². The molecule has 1 spiro atoms. The number of rotatable bonds is 9. The Morgan fingerprint density at radius 2 is 1.68 bits per heavy atom. The van der Waals surface area contributed by atoms with Crippen molar-refractivity contribution in [2.45, 2.75) is 51.2 Å². The molecule has 1 heterocycles. The van der Waals surface area contributed by atoms with Crippen LogP contribution in [0.5, 0.6) is 17.2 Å². The molecule has 37 heavy (non-hydrogen) atoms. The van der Waals surface area contributed by atoms with Gasteiger partial charge in [-0.3, -0.25) is 9.59 Å². The lowest BCUT2D eigenvalue weighted by atomic mass is 9.67. The fourth-order valence-corrected chi connectivity index (χ4v) is 5.25. The first-order valence-electron chi connectivity index (χ1n) is 12.8. The molecule has 0 aromatic heterocycles. The number of alkyl halides is 2. The zero-order chi connectivity index (χ0) is 26.0. The van der Waals surface area contributed by atoms with Crippen LogP contribution in [0.25, 0.3) is 0 Å². The Labute approximate surface area is 215 Å². The number of nitrogens with zero attached hydrogens (tertiary/aromatic N) is 1. The Balaban J connectivity index is 1.10. The number of hydrogen-bond donors (Lipinski definition) is 1. The molecule has 198 valence electrons. The molecule has 3 fully saturated rings. The van der Waals surface area contributed by atoms with Crippen LogP contribution in [0.1, 0.15) is 59.2 Å². The second-order valence-electron chi connectivity index (χ2n) is 10.4. The minimum Gasteiger partial charge on any atom is -0.493 e. The molecule has 0 radical (unpaired) electrons. The zero-order valence-corrected chi connectivity index (χ0v) is 20.9. The monoisotopic (exact) mass is 514 g/mol. The van der Waals surface area contributed by atoms with Gasteiger partial charge in [-0.05, 0) is 86.9 Å². The largest absolute Gasteiger partial charge is 0.493 e. The summed E-state index contributed by atoms with van der Waals surface area (Å²) in [7, 11) is 1.60. The SMILES string of the molecule is COc1ccc(C(=O)N2CC3(CCC(NC(=O)c4ccc(OC(F)F)cc4)CC3)C2)cc1OCC1CC1. The Morgan fingerprint density at radius 1 is 1.00 bits per heavy atom. The van der Waals surface area contributed by atoms with Gasteiger partial charge in [0.1, 0.15) is 5.75 Å². The van der Waals surface area contributed by atoms with Crippen LogP contribution in [0.15, 0.2) is 42.5 Å². The Hall–Kier alpha value is -3.36. The quantitative estimate of drug-likeness (QED) is 0.515. The molecule has 2 aromatic carbocycles. The predicted molar refractivity (Wildman–Crippen MR) is 132 cm³/mol. The molecular formula is C28H32F2N2O5. The highest BCUT2D eigenvalue weighted by atomic mass is 19.3. The van der Waals surface area contributed by atoms with E-state index in [-0.39, 0.29) is 29.0 Å². The van der Waals surface area contributed by atoms with E-state index in [0.717, 1.165) is 25.7 Å². The van der Waals surface area contributed by atoms with Gasteiger partial charge in [0.25, 0.3) is 11.8 Å². The topological polar surface area (TPSA) is 77.1 Å². The Bertz CT molecular complexity index is 1120. The molecule has 0 bridgehead atoms. The molecule has 1 saturated heterocycles. The number of benzene rings is 2. The average molecular weight is 515 g/mol. The maximum absolute atomic E-state index is 13.1. The van der Waals surface area contributed by atoms with Crippen molar-refractivity contribution >= 4 is 11.8 Å². The van der Waals surface area contributed by atoms with Gasteiger partial charge < -0.3 is 24.4 Å². The second kappa shape index (κ2) is 10.6. The second-order valence-corrected chi connectivity index (χ2v) is 10.4. The van der Waals surface area contributed by atoms with Gasteiger partial charge in [-0.25, -0.2) is 0 Å². The highest BCUT2D eigenvalue weighted by Crippen LogP contribution is 2.44. The van der Waals surface area contributed by atoms with Gasteiger partial charge in [0.05, 0.1) is 13.7 Å². The summed E-state index contributed by atoms with van der Waals surface area (Å²) in [4.78, 5) is 27.6. The molecule has 3 aliphatic rings. The van der Waals surface area contributed by atoms with Crippen molar-refractivity contribution in [2.75, 3.05) is 26.8 Å². The minimum atomic E-state index is -2.90. The summed E-state index contributed by atoms with van der Waals surface area (Å²) in [6.07, 6.45) is 5.91. The molecule has 2 aliphatic carbocycles. The van der Waals surface area contributed by atoms with Crippen molar-refractivity contribution in [2.24, 2.45) is 11.3 Å². The molecule has 2 amide bonds. The molecule has 1 aliphatic heterocycles. The lowest BCUT2D eigenvalue weighted by molar-refractivity contribution is -0.0498. The van der Waals surface area contributed by atoms with Crippen LogP contribution in [-0.2, 0) is 0 Å². The summed E-state index contributed by atoms with van der Waals surface area (Å²) in [5.41, 5.74) is 1.11. The maximum atomic E-state index is 13.1. The summed E-state index contributed by atoms with van der Waals surface area (Å²) in [6.45, 7) is -0.825. The minimum absolute atomic E-state index is 0.000700. The number of hydrogen-bond acceptors (Lipinski definition) is 5. The lowest BCUT2D eigenvalue weighted by Gasteiger charge is -2.53. The number of carbonyl (C=O) groups excluding carboxylic acids is 2. The summed E-state index contributed by atoms with van der Waals surface area (Å²) in [5, 5.41) is 3.05. The molecule has 1 N–H and O–H groups in total. The van der Waals surface area contributed by atoms with Gasteiger partial charge in [0.15, 0.2) is 11.5 Å². The number of nitrogens with one attached hydrogen (secondary N) is 1. The number of carbonyl (C=O) groups is 2. The van der Waals surface area contributed by atoms with Gasteiger partial charge >= 0.3 is 6.61 Å². The molecule has 0 unspecified atom stereocenters. The first-order chi connectivity index (χ1) is 17.8. The number of likely N-dealkylation sites (tertiary alicyclic amines) is 1. The number of halogens is 2. The van der Waals surface area contributed by atoms with E-state index in [1.54, 1.807) is 25.3 Å². The first kappa shape index (κ1) is 25.3. The maximum Gasteiger partial charge on any atom is 0.387 e. The summed E-state index contributed by atoms with van der Waals surface area (Å²) >= 11 is 0. The van der Waals surface area contributed by atoms with Crippen LogP contribution in [0.4, 0.5) is 8.78 Å². The predicted octanol–water partition coefficient (Wildman–Crippen LogP) is 4.90. The molecule has 5 rings (SSSR count). The fourth-order valence-electron chi connectivity index (χ4n) is 5.25. The molecule has 2 aromatic rings. The van der Waals surface area contributed by atoms with E-state index in [9.17, 15) is 18.4 Å². The molecule has 2 saturated carbocycles. The number of methoxy groups -OCH3 is 1. The third-order valence-electron chi connectivity index (χ3n) is 7.64. The Morgan fingerprint density at radius 3 is 2.30 bits per heavy atom. The highest BCUT2D eigenvalue weighted by Gasteiger charge is 2.47. The summed E-state index contributed by atoms with van der Waals surface area (Å²) in [6, 6.07) is 11.1. The summed E-state index contributed by atoms with van der Waals surface area (Å²) < 4.78 is 40.2. The normalized spacial score (nSPS) is 18.9. The molecular weight excluding hydrogens is 482 g/mol. The van der Waals surface area contributed by atoms with Crippen molar-refractivity contribution < 1.29 is 32.6 Å². The zero-order valence-electron chi connectivity index (χ0n) is 20.9. The summed E-state index contributed by atoms with van der Waals surface area (Å²) in [5.74, 6) is 1.64. The van der Waals surface area contributed by atoms with Crippen molar-refractivity contribution in [1.29, 1.82) is 0 Å². The molecule has 0 atom stereocenters. The Kier molecular flexibility index (Phi) is 7.22. The lowest BCUT2D eigenvalue weighted by Crippen LogP contribution is -2.60. The molecule has 9 heteroatoms. The average Bonchev–Trinajstić information content (AvgIpc) is 3.71. The smallest absolute Gasteiger partial charge is 0.387 e. The van der Waals surface area contributed by atoms with Crippen molar-refractivity contribution in [1.82, 2.24) is 10.2 Å². The van der Waals surface area contributed by atoms with E-state index < -0.39 is 6.61 Å². The van der Waals surface area contributed by atoms with Gasteiger partial charge in [-0.1, -0.05) is 0 Å². The van der Waals surface area contributed by atoms with Crippen LogP contribution >= 0.6 is 0 Å². The van der Waals surface area contributed by atoms with E-state index in [0.29, 0.717) is 48.2 Å². The van der Waals surface area contributed by atoms with Crippen LogP contribution < -0.4 is 19.5 Å². The fraction of sp³-hybridized carbons (Fsp3) is 0.500. The van der Waals surface area contributed by atoms with E-state index in [1.165, 1.54) is 37.1 Å². The van der Waals surface area contributed by atoms with Gasteiger partial charge in [0.2, 0.25) is 0 Å². The first-order valence-corrected chi connectivity index (χ1v) is 12.8. The van der Waals surface area contributed by atoms with Crippen LogP contribution in [-0.4, -0.2) is 56.2 Å². The van der Waals surface area contributed by atoms with Gasteiger partial charge in [-0.15, -0.1) is 0 Å². The highest BCUT2D eigenvalue weighted by molar-refractivity contribution is 5.96. The van der Waals surface area contributed by atoms with Crippen LogP contribution in [0, 0.1) is 11.3 Å². The van der Waals surface area contributed by atoms with Gasteiger partial charge in [-0.2, -0.15) is 8.78 Å². The molecule has 7 nitrogen and oxygen atoms in total. The standard InChI is InChI=1S/C28H32F2N2O5/c1-35-23-9-6-20(14-24(23)36-15-18-2-3-18)26(34)32-16-28(17-32)12-10-21(11-13-28)31-25(33)19-4-7-22(8-5-19)37-27(29)30/h4-9,14,18,21,27H,2-3,10-13,15-17H2,1H3,(H,31,33). The van der Waals surface area contributed by atoms with E-state index in [4.69, 9.17) is 9.47 Å². The van der Waals surface area contributed by atoms with Crippen LogP contribution in [0.2, 0.25) is 0 Å². The third-order valence-corrected chi connectivity index (χ3v) is 7.64. The van der Waals surface area contributed by atoms with E-state index >= 15 is 0 Å². The van der Waals surface area contributed by atoms with Gasteiger partial charge in [0, 0.05) is 35.7 Å². The number of amides is 2. The van der Waals surface area contributed by atoms with Crippen molar-refractivity contribution in [3.63, 3.8) is 0 Å².